The second-order valence-electron chi connectivity index (χ2n) is 4.53. The fourth-order valence-corrected chi connectivity index (χ4v) is 2.14. The monoisotopic (exact) mass is 389 g/mol. The van der Waals surface area contributed by atoms with E-state index in [2.05, 4.69) is 26.3 Å². The second kappa shape index (κ2) is 8.02. The summed E-state index contributed by atoms with van der Waals surface area (Å²) < 4.78 is 0.630. The Hall–Kier alpha value is -3.00. The first-order valence-electron chi connectivity index (χ1n) is 6.70. The highest BCUT2D eigenvalue weighted by Crippen LogP contribution is 2.20. The van der Waals surface area contributed by atoms with Gasteiger partial charge >= 0.3 is 17.8 Å². The largest absolute Gasteiger partial charge is 0.478 e. The van der Waals surface area contributed by atoms with Crippen LogP contribution in [0.2, 0.25) is 0 Å². The predicted molar refractivity (Wildman–Crippen MR) is 91.9 cm³/mol. The van der Waals surface area contributed by atoms with Crippen molar-refractivity contribution in [1.29, 1.82) is 0 Å². The average molecular weight is 390 g/mol. The highest BCUT2D eigenvalue weighted by Gasteiger charge is 2.14. The Balaban J connectivity index is 1.99. The van der Waals surface area contributed by atoms with Crippen molar-refractivity contribution in [2.75, 3.05) is 5.32 Å². The van der Waals surface area contributed by atoms with Crippen molar-refractivity contribution in [3.63, 3.8) is 0 Å². The molecule has 0 saturated heterocycles. The van der Waals surface area contributed by atoms with Gasteiger partial charge in [-0.2, -0.15) is 5.10 Å². The van der Waals surface area contributed by atoms with Gasteiger partial charge in [0, 0.05) is 10.0 Å². The molecule has 0 spiro atoms. The summed E-state index contributed by atoms with van der Waals surface area (Å²) in [6, 6.07) is 13.0. The highest BCUT2D eigenvalue weighted by atomic mass is 79.9. The fourth-order valence-electron chi connectivity index (χ4n) is 1.76. The lowest BCUT2D eigenvalue weighted by atomic mass is 10.1. The molecule has 0 fully saturated rings. The van der Waals surface area contributed by atoms with Crippen LogP contribution in [-0.2, 0) is 9.59 Å². The van der Waals surface area contributed by atoms with Crippen molar-refractivity contribution < 1.29 is 19.5 Å². The molecule has 0 aliphatic rings. The third-order valence-corrected chi connectivity index (χ3v) is 3.58. The summed E-state index contributed by atoms with van der Waals surface area (Å²) >= 11 is 3.25. The molecule has 0 atom stereocenters. The number of nitrogens with zero attached hydrogens (tertiary/aromatic N) is 1. The fraction of sp³-hybridized carbons (Fsp3) is 0. The molecule has 24 heavy (non-hydrogen) atoms. The number of carbonyl (C=O) groups excluding carboxylic acids is 2. The number of aromatic carboxylic acids is 1. The number of hydrazone groups is 1. The Bertz CT molecular complexity index is 820. The van der Waals surface area contributed by atoms with Crippen LogP contribution in [0.5, 0.6) is 0 Å². The van der Waals surface area contributed by atoms with E-state index in [1.54, 1.807) is 36.4 Å². The van der Waals surface area contributed by atoms with Gasteiger partial charge in [-0.15, -0.1) is 0 Å². The molecule has 0 heterocycles. The lowest BCUT2D eigenvalue weighted by Crippen LogP contribution is -2.32. The molecule has 2 rings (SSSR count). The van der Waals surface area contributed by atoms with Crippen LogP contribution in [0.1, 0.15) is 15.9 Å². The molecule has 0 radical (unpaired) electrons. The number of anilines is 1. The molecule has 0 aromatic heterocycles. The summed E-state index contributed by atoms with van der Waals surface area (Å²) in [7, 11) is 0. The Morgan fingerprint density at radius 1 is 1.00 bits per heavy atom. The molecule has 2 aromatic carbocycles. The summed E-state index contributed by atoms with van der Waals surface area (Å²) in [5.41, 5.74) is 2.83. The zero-order valence-electron chi connectivity index (χ0n) is 12.2. The molecule has 0 unspecified atom stereocenters. The van der Waals surface area contributed by atoms with E-state index < -0.39 is 17.8 Å². The van der Waals surface area contributed by atoms with Crippen molar-refractivity contribution in [2.45, 2.75) is 0 Å². The maximum atomic E-state index is 11.8. The van der Waals surface area contributed by atoms with E-state index in [4.69, 9.17) is 5.11 Å². The Kier molecular flexibility index (Phi) is 5.80. The van der Waals surface area contributed by atoms with Crippen molar-refractivity contribution >= 4 is 45.6 Å². The van der Waals surface area contributed by atoms with Gasteiger partial charge in [-0.3, -0.25) is 9.59 Å². The Morgan fingerprint density at radius 2 is 1.67 bits per heavy atom. The molecular weight excluding hydrogens is 378 g/mol. The molecular formula is C16H12BrN3O4. The van der Waals surface area contributed by atoms with Crippen molar-refractivity contribution in [3.8, 4) is 0 Å². The van der Waals surface area contributed by atoms with Crippen LogP contribution in [0, 0.1) is 0 Å². The zero-order chi connectivity index (χ0) is 17.5. The minimum absolute atomic E-state index is 0.0353. The number of halogens is 1. The number of carboxylic acids is 1. The molecule has 7 nitrogen and oxygen atoms in total. The van der Waals surface area contributed by atoms with Crippen LogP contribution >= 0.6 is 15.9 Å². The predicted octanol–water partition coefficient (Wildman–Crippen LogP) is 2.24. The summed E-state index contributed by atoms with van der Waals surface area (Å²) in [6.45, 7) is 0. The van der Waals surface area contributed by atoms with Gasteiger partial charge in [-0.05, 0) is 34.1 Å². The number of hydrogen-bond acceptors (Lipinski definition) is 4. The average Bonchev–Trinajstić information content (AvgIpc) is 2.57. The summed E-state index contributed by atoms with van der Waals surface area (Å²) in [5, 5.41) is 15.1. The summed E-state index contributed by atoms with van der Waals surface area (Å²) in [5.74, 6) is -2.99. The molecule has 8 heteroatoms. The maximum Gasteiger partial charge on any atom is 0.336 e. The zero-order valence-corrected chi connectivity index (χ0v) is 13.8. The topological polar surface area (TPSA) is 108 Å². The van der Waals surface area contributed by atoms with Gasteiger partial charge in [-0.1, -0.05) is 30.3 Å². The van der Waals surface area contributed by atoms with Crippen molar-refractivity contribution in [3.05, 3.63) is 64.1 Å². The van der Waals surface area contributed by atoms with Crippen LogP contribution in [0.3, 0.4) is 0 Å². The molecule has 2 aromatic rings. The molecule has 122 valence electrons. The van der Waals surface area contributed by atoms with Gasteiger partial charge < -0.3 is 10.4 Å². The number of hydrogen-bond donors (Lipinski definition) is 3. The Morgan fingerprint density at radius 3 is 2.38 bits per heavy atom. The number of carboxylic acid groups (broad SMARTS) is 1. The summed E-state index contributed by atoms with van der Waals surface area (Å²) in [6.07, 6.45) is 1.16. The molecule has 0 bridgehead atoms. The van der Waals surface area contributed by atoms with E-state index in [9.17, 15) is 14.4 Å². The number of amides is 2. The number of nitrogens with one attached hydrogen (secondary N) is 2. The van der Waals surface area contributed by atoms with Crippen LogP contribution in [0.15, 0.2) is 58.1 Å². The third-order valence-electron chi connectivity index (χ3n) is 2.89. The van der Waals surface area contributed by atoms with Crippen LogP contribution in [0.25, 0.3) is 0 Å². The number of benzene rings is 2. The van der Waals surface area contributed by atoms with Crippen LogP contribution in [-0.4, -0.2) is 29.1 Å². The Labute approximate surface area is 145 Å². The molecule has 0 saturated carbocycles. The lowest BCUT2D eigenvalue weighted by molar-refractivity contribution is -0.136. The second-order valence-corrected chi connectivity index (χ2v) is 5.38. The first-order chi connectivity index (χ1) is 11.5. The standard InChI is InChI=1S/C16H12BrN3O4/c17-12-7-3-4-8-13(12)19-14(21)15(22)20-18-9-10-5-1-2-6-11(10)16(23)24/h1-9H,(H,19,21)(H,20,22)(H,23,24)/b18-9-. The van der Waals surface area contributed by atoms with E-state index in [-0.39, 0.29) is 5.56 Å². The SMILES string of the molecule is O=C(N/N=C\c1ccccc1C(=O)O)C(=O)Nc1ccccc1Br. The lowest BCUT2D eigenvalue weighted by Gasteiger charge is -2.05. The van der Waals surface area contributed by atoms with Crippen LogP contribution in [0.4, 0.5) is 5.69 Å². The number of rotatable bonds is 4. The quantitative estimate of drug-likeness (QED) is 0.423. The molecule has 0 aliphatic carbocycles. The number of carbonyl (C=O) groups is 3. The van der Waals surface area contributed by atoms with Gasteiger partial charge in [0.25, 0.3) is 0 Å². The van der Waals surface area contributed by atoms with Gasteiger partial charge in [0.05, 0.1) is 17.5 Å². The third kappa shape index (κ3) is 4.50. The highest BCUT2D eigenvalue weighted by molar-refractivity contribution is 9.10. The van der Waals surface area contributed by atoms with Gasteiger partial charge in [-0.25, -0.2) is 10.2 Å². The van der Waals surface area contributed by atoms with E-state index in [0.717, 1.165) is 6.21 Å². The molecule has 3 N–H and O–H groups in total. The molecule has 0 aliphatic heterocycles. The smallest absolute Gasteiger partial charge is 0.336 e. The van der Waals surface area contributed by atoms with Crippen LogP contribution < -0.4 is 10.7 Å². The first kappa shape index (κ1) is 17.4. The first-order valence-corrected chi connectivity index (χ1v) is 7.49. The number of para-hydroxylation sites is 1. The van der Waals surface area contributed by atoms with Gasteiger partial charge in [0.2, 0.25) is 0 Å². The maximum absolute atomic E-state index is 11.8. The van der Waals surface area contributed by atoms with Crippen molar-refractivity contribution in [1.82, 2.24) is 5.43 Å². The minimum Gasteiger partial charge on any atom is -0.478 e. The van der Waals surface area contributed by atoms with Crippen molar-refractivity contribution in [2.24, 2.45) is 5.10 Å². The van der Waals surface area contributed by atoms with E-state index >= 15 is 0 Å². The van der Waals surface area contributed by atoms with Gasteiger partial charge in [0.1, 0.15) is 0 Å². The van der Waals surface area contributed by atoms with E-state index in [1.807, 2.05) is 5.43 Å². The molecule has 2 amide bonds. The van der Waals surface area contributed by atoms with E-state index in [0.29, 0.717) is 15.7 Å². The minimum atomic E-state index is -1.12. The van der Waals surface area contributed by atoms with E-state index in [1.165, 1.54) is 12.1 Å². The normalized spacial score (nSPS) is 10.4. The summed E-state index contributed by atoms with van der Waals surface area (Å²) in [4.78, 5) is 34.5. The van der Waals surface area contributed by atoms with Gasteiger partial charge in [0.15, 0.2) is 0 Å².